The Morgan fingerprint density at radius 2 is 1.76 bits per heavy atom. The maximum Gasteiger partial charge on any atom is 0.337 e. The third-order valence-electron chi connectivity index (χ3n) is 2.97. The second-order valence-corrected chi connectivity index (χ2v) is 5.39. The lowest BCUT2D eigenvalue weighted by atomic mass is 10.1. The van der Waals surface area contributed by atoms with Gasteiger partial charge in [-0.3, -0.25) is 4.98 Å². The molecule has 3 rings (SSSR count). The van der Waals surface area contributed by atoms with Crippen LogP contribution in [-0.2, 0) is 0 Å². The normalized spacial score (nSPS) is 10.5. The van der Waals surface area contributed by atoms with Gasteiger partial charge >= 0.3 is 5.97 Å². The second kappa shape index (κ2) is 5.54. The highest BCUT2D eigenvalue weighted by Crippen LogP contribution is 2.27. The van der Waals surface area contributed by atoms with Crippen LogP contribution in [0.3, 0.4) is 0 Å². The molecule has 104 valence electrons. The Balaban J connectivity index is 1.92. The Hall–Kier alpha value is -2.40. The number of carbonyl (C=O) groups is 1. The summed E-state index contributed by atoms with van der Waals surface area (Å²) < 4.78 is 6.69. The molecule has 21 heavy (non-hydrogen) atoms. The average molecular weight is 344 g/mol. The third kappa shape index (κ3) is 3.03. The van der Waals surface area contributed by atoms with Gasteiger partial charge in [0.25, 0.3) is 0 Å². The maximum atomic E-state index is 10.9. The highest BCUT2D eigenvalue weighted by molar-refractivity contribution is 9.10. The summed E-state index contributed by atoms with van der Waals surface area (Å²) >= 11 is 3.43. The van der Waals surface area contributed by atoms with Crippen molar-refractivity contribution in [1.29, 1.82) is 0 Å². The number of aromatic nitrogens is 1. The summed E-state index contributed by atoms with van der Waals surface area (Å²) in [6.07, 6.45) is 2.77. The minimum Gasteiger partial charge on any atom is -0.478 e. The smallest absolute Gasteiger partial charge is 0.337 e. The molecule has 0 aliphatic heterocycles. The molecule has 3 aromatic rings. The van der Waals surface area contributed by atoms with E-state index in [1.54, 1.807) is 0 Å². The van der Waals surface area contributed by atoms with E-state index in [2.05, 4.69) is 20.9 Å². The van der Waals surface area contributed by atoms with Gasteiger partial charge in [-0.1, -0.05) is 28.1 Å². The lowest BCUT2D eigenvalue weighted by Gasteiger charge is -2.07. The molecule has 4 nitrogen and oxygen atoms in total. The number of pyridine rings is 1. The molecule has 0 spiro atoms. The third-order valence-corrected chi connectivity index (χ3v) is 3.46. The molecule has 0 saturated heterocycles. The van der Waals surface area contributed by atoms with Crippen molar-refractivity contribution >= 4 is 32.7 Å². The first kappa shape index (κ1) is 13.6. The quantitative estimate of drug-likeness (QED) is 0.761. The van der Waals surface area contributed by atoms with Crippen LogP contribution in [0.25, 0.3) is 10.8 Å². The van der Waals surface area contributed by atoms with Gasteiger partial charge in [0, 0.05) is 10.7 Å². The van der Waals surface area contributed by atoms with Crippen molar-refractivity contribution in [2.24, 2.45) is 0 Å². The predicted molar refractivity (Wildman–Crippen MR) is 82.9 cm³/mol. The van der Waals surface area contributed by atoms with Crippen molar-refractivity contribution in [3.63, 3.8) is 0 Å². The summed E-state index contributed by atoms with van der Waals surface area (Å²) in [6, 6.07) is 13.1. The number of carboxylic acid groups (broad SMARTS) is 1. The van der Waals surface area contributed by atoms with Gasteiger partial charge in [-0.15, -0.1) is 0 Å². The number of ether oxygens (including phenoxy) is 1. The zero-order valence-corrected chi connectivity index (χ0v) is 12.4. The van der Waals surface area contributed by atoms with Crippen molar-refractivity contribution in [2.45, 2.75) is 0 Å². The number of hydrogen-bond acceptors (Lipinski definition) is 3. The summed E-state index contributed by atoms with van der Waals surface area (Å²) in [6.45, 7) is 0. The van der Waals surface area contributed by atoms with Gasteiger partial charge in [-0.25, -0.2) is 4.79 Å². The Kier molecular flexibility index (Phi) is 3.58. The van der Waals surface area contributed by atoms with E-state index in [9.17, 15) is 4.79 Å². The van der Waals surface area contributed by atoms with Crippen molar-refractivity contribution in [1.82, 2.24) is 4.98 Å². The SMILES string of the molecule is O=C(O)c1cncc(Oc2ccc3cc(Br)ccc3c2)c1. The van der Waals surface area contributed by atoms with Crippen LogP contribution in [0, 0.1) is 0 Å². The highest BCUT2D eigenvalue weighted by Gasteiger charge is 2.06. The lowest BCUT2D eigenvalue weighted by molar-refractivity contribution is 0.0696. The summed E-state index contributed by atoms with van der Waals surface area (Å²) in [7, 11) is 0. The molecule has 0 fully saturated rings. The van der Waals surface area contributed by atoms with Gasteiger partial charge < -0.3 is 9.84 Å². The topological polar surface area (TPSA) is 59.4 Å². The molecule has 0 saturated carbocycles. The molecule has 0 unspecified atom stereocenters. The number of nitrogens with zero attached hydrogens (tertiary/aromatic N) is 1. The Morgan fingerprint density at radius 1 is 1.00 bits per heavy atom. The van der Waals surface area contributed by atoms with E-state index < -0.39 is 5.97 Å². The average Bonchev–Trinajstić information content (AvgIpc) is 2.48. The number of rotatable bonds is 3. The molecule has 0 atom stereocenters. The van der Waals surface area contributed by atoms with Crippen LogP contribution in [0.5, 0.6) is 11.5 Å². The monoisotopic (exact) mass is 343 g/mol. The largest absolute Gasteiger partial charge is 0.478 e. The number of carboxylic acids is 1. The summed E-state index contributed by atoms with van der Waals surface area (Å²) in [4.78, 5) is 14.8. The molecule has 2 aromatic carbocycles. The molecular formula is C16H10BrNO3. The minimum absolute atomic E-state index is 0.0946. The van der Waals surface area contributed by atoms with E-state index in [-0.39, 0.29) is 5.56 Å². The fourth-order valence-corrected chi connectivity index (χ4v) is 2.36. The second-order valence-electron chi connectivity index (χ2n) is 4.47. The molecule has 0 aliphatic carbocycles. The zero-order chi connectivity index (χ0) is 14.8. The van der Waals surface area contributed by atoms with E-state index in [0.29, 0.717) is 11.5 Å². The molecule has 0 aliphatic rings. The maximum absolute atomic E-state index is 10.9. The number of hydrogen-bond donors (Lipinski definition) is 1. The van der Waals surface area contributed by atoms with Crippen molar-refractivity contribution < 1.29 is 14.6 Å². The molecule has 1 aromatic heterocycles. The molecule has 1 heterocycles. The van der Waals surface area contributed by atoms with Crippen LogP contribution in [0.4, 0.5) is 0 Å². The van der Waals surface area contributed by atoms with Crippen LogP contribution in [0.1, 0.15) is 10.4 Å². The first-order chi connectivity index (χ1) is 10.1. The molecule has 0 amide bonds. The van der Waals surface area contributed by atoms with Gasteiger partial charge in [0.1, 0.15) is 11.5 Å². The van der Waals surface area contributed by atoms with Crippen LogP contribution in [0.2, 0.25) is 0 Å². The van der Waals surface area contributed by atoms with E-state index >= 15 is 0 Å². The van der Waals surface area contributed by atoms with Crippen LogP contribution < -0.4 is 4.74 Å². The molecule has 5 heteroatoms. The van der Waals surface area contributed by atoms with Gasteiger partial charge in [0.2, 0.25) is 0 Å². The van der Waals surface area contributed by atoms with Crippen molar-refractivity contribution in [3.05, 3.63) is 64.9 Å². The fourth-order valence-electron chi connectivity index (χ4n) is 1.99. The zero-order valence-electron chi connectivity index (χ0n) is 10.8. The predicted octanol–water partition coefficient (Wildman–Crippen LogP) is 4.49. The van der Waals surface area contributed by atoms with Crippen molar-refractivity contribution in [2.75, 3.05) is 0 Å². The van der Waals surface area contributed by atoms with E-state index in [1.807, 2.05) is 36.4 Å². The minimum atomic E-state index is -1.03. The van der Waals surface area contributed by atoms with E-state index in [0.717, 1.165) is 15.2 Å². The Bertz CT molecular complexity index is 833. The van der Waals surface area contributed by atoms with Gasteiger partial charge in [0.05, 0.1) is 11.8 Å². The van der Waals surface area contributed by atoms with E-state index in [1.165, 1.54) is 18.5 Å². The number of halogens is 1. The number of aromatic carboxylic acids is 1. The fraction of sp³-hybridized carbons (Fsp3) is 0. The molecule has 1 N–H and O–H groups in total. The van der Waals surface area contributed by atoms with Gasteiger partial charge in [0.15, 0.2) is 0 Å². The summed E-state index contributed by atoms with van der Waals surface area (Å²) in [5, 5.41) is 11.1. The standard InChI is InChI=1S/C16H10BrNO3/c17-13-3-1-11-6-14(4-2-10(11)5-13)21-15-7-12(16(19)20)8-18-9-15/h1-9H,(H,19,20). The molecule has 0 bridgehead atoms. The van der Waals surface area contributed by atoms with Crippen molar-refractivity contribution in [3.8, 4) is 11.5 Å². The first-order valence-electron chi connectivity index (χ1n) is 6.17. The highest BCUT2D eigenvalue weighted by atomic mass is 79.9. The number of fused-ring (bicyclic) bond motifs is 1. The van der Waals surface area contributed by atoms with Gasteiger partial charge in [-0.05, 0) is 41.1 Å². The van der Waals surface area contributed by atoms with E-state index in [4.69, 9.17) is 9.84 Å². The van der Waals surface area contributed by atoms with Crippen LogP contribution in [-0.4, -0.2) is 16.1 Å². The Morgan fingerprint density at radius 3 is 2.57 bits per heavy atom. The first-order valence-corrected chi connectivity index (χ1v) is 6.97. The summed E-state index contributed by atoms with van der Waals surface area (Å²) in [5.74, 6) is -0.00293. The van der Waals surface area contributed by atoms with Crippen LogP contribution >= 0.6 is 15.9 Å². The lowest BCUT2D eigenvalue weighted by Crippen LogP contribution is -1.97. The molecular weight excluding hydrogens is 334 g/mol. The molecule has 0 radical (unpaired) electrons. The Labute approximate surface area is 129 Å². The number of benzene rings is 2. The van der Waals surface area contributed by atoms with Gasteiger partial charge in [-0.2, -0.15) is 0 Å². The summed E-state index contributed by atoms with van der Waals surface area (Å²) in [5.41, 5.74) is 0.0946. The van der Waals surface area contributed by atoms with Crippen LogP contribution in [0.15, 0.2) is 59.3 Å².